The molecule has 10 heavy (non-hydrogen) atoms. The number of hydrogen-bond acceptors (Lipinski definition) is 1. The van der Waals surface area contributed by atoms with Gasteiger partial charge in [0, 0.05) is 12.4 Å². The zero-order chi connectivity index (χ0) is 7.40. The number of pyridine rings is 1. The minimum atomic E-state index is -0.234. The summed E-state index contributed by atoms with van der Waals surface area (Å²) < 4.78 is 0. The first kappa shape index (κ1) is 7.22. The fourth-order valence-electron chi connectivity index (χ4n) is 0.851. The van der Waals surface area contributed by atoms with Crippen LogP contribution in [0.15, 0.2) is 36.3 Å². The van der Waals surface area contributed by atoms with Gasteiger partial charge in [-0.2, -0.15) is 0 Å². The third-order valence-corrected chi connectivity index (χ3v) is 2.66. The quantitative estimate of drug-likeness (QED) is 0.555. The van der Waals surface area contributed by atoms with Crippen molar-refractivity contribution in [1.29, 1.82) is 0 Å². The Morgan fingerprint density at radius 2 is 2.50 bits per heavy atom. The Labute approximate surface area is 63.6 Å². The maximum Gasteiger partial charge on any atom is 0.0833 e. The summed E-state index contributed by atoms with van der Waals surface area (Å²) in [6.45, 7) is 5.97. The maximum atomic E-state index is 4.03. The van der Waals surface area contributed by atoms with E-state index in [0.29, 0.717) is 0 Å². The fraction of sp³-hybridized carbons (Fsp3) is 0.125. The van der Waals surface area contributed by atoms with E-state index in [-0.39, 0.29) is 9.52 Å². The molecule has 0 N–H and O–H groups in total. The molecule has 0 radical (unpaired) electrons. The normalized spacial score (nSPS) is 10.5. The molecule has 1 aromatic heterocycles. The fourth-order valence-corrected chi connectivity index (χ4v) is 2.00. The SMILES string of the molecule is C=C(C)[SiH2]c1cccnc1. The van der Waals surface area contributed by atoms with Gasteiger partial charge in [-0.1, -0.05) is 11.3 Å². The second kappa shape index (κ2) is 3.32. The molecular formula is C8H11NSi. The summed E-state index contributed by atoms with van der Waals surface area (Å²) in [5.74, 6) is 0. The zero-order valence-electron chi connectivity index (χ0n) is 6.17. The van der Waals surface area contributed by atoms with Crippen LogP contribution in [0.2, 0.25) is 0 Å². The van der Waals surface area contributed by atoms with Crippen molar-refractivity contribution in [3.63, 3.8) is 0 Å². The predicted molar refractivity (Wildman–Crippen MR) is 47.2 cm³/mol. The van der Waals surface area contributed by atoms with Crippen molar-refractivity contribution in [2.75, 3.05) is 0 Å². The van der Waals surface area contributed by atoms with E-state index in [2.05, 4.69) is 24.6 Å². The first-order valence-corrected chi connectivity index (χ1v) is 4.74. The molecule has 52 valence electrons. The third kappa shape index (κ3) is 2.15. The van der Waals surface area contributed by atoms with Crippen LogP contribution in [0.5, 0.6) is 0 Å². The Balaban J connectivity index is 2.67. The van der Waals surface area contributed by atoms with Crippen molar-refractivity contribution in [1.82, 2.24) is 4.98 Å². The molecule has 0 atom stereocenters. The van der Waals surface area contributed by atoms with E-state index >= 15 is 0 Å². The lowest BCUT2D eigenvalue weighted by Gasteiger charge is -1.95. The van der Waals surface area contributed by atoms with Gasteiger partial charge in [0.1, 0.15) is 0 Å². The molecule has 1 nitrogen and oxygen atoms in total. The summed E-state index contributed by atoms with van der Waals surface area (Å²) in [5, 5.41) is 2.68. The first-order valence-electron chi connectivity index (χ1n) is 3.32. The van der Waals surface area contributed by atoms with Gasteiger partial charge < -0.3 is 0 Å². The Morgan fingerprint density at radius 3 is 3.00 bits per heavy atom. The van der Waals surface area contributed by atoms with Crippen molar-refractivity contribution in [3.05, 3.63) is 36.3 Å². The second-order valence-electron chi connectivity index (χ2n) is 2.50. The van der Waals surface area contributed by atoms with Crippen molar-refractivity contribution in [3.8, 4) is 0 Å². The molecule has 0 aromatic carbocycles. The highest BCUT2D eigenvalue weighted by Crippen LogP contribution is 1.83. The summed E-state index contributed by atoms with van der Waals surface area (Å²) >= 11 is 0. The summed E-state index contributed by atoms with van der Waals surface area (Å²) in [4.78, 5) is 4.03. The summed E-state index contributed by atoms with van der Waals surface area (Å²) in [5.41, 5.74) is 0. The van der Waals surface area contributed by atoms with Crippen LogP contribution < -0.4 is 5.19 Å². The minimum absolute atomic E-state index is 0.234. The Kier molecular flexibility index (Phi) is 2.40. The molecule has 2 heteroatoms. The van der Waals surface area contributed by atoms with Gasteiger partial charge in [-0.05, 0) is 18.2 Å². The molecule has 0 spiro atoms. The number of allylic oxidation sites excluding steroid dienone is 1. The van der Waals surface area contributed by atoms with Crippen LogP contribution in [0.1, 0.15) is 6.92 Å². The summed E-state index contributed by atoms with van der Waals surface area (Å²) in [7, 11) is -0.234. The standard InChI is InChI=1S/C8H11NSi/c1-7(2)10-8-4-3-5-9-6-8/h3-6H,1,10H2,2H3. The molecule has 0 saturated carbocycles. The van der Waals surface area contributed by atoms with Crippen molar-refractivity contribution < 1.29 is 0 Å². The third-order valence-electron chi connectivity index (χ3n) is 1.23. The number of nitrogens with zero attached hydrogens (tertiary/aromatic N) is 1. The van der Waals surface area contributed by atoms with E-state index in [4.69, 9.17) is 0 Å². The average molecular weight is 149 g/mol. The van der Waals surface area contributed by atoms with Gasteiger partial charge in [0.15, 0.2) is 0 Å². The van der Waals surface area contributed by atoms with Gasteiger partial charge in [-0.25, -0.2) is 0 Å². The highest BCUT2D eigenvalue weighted by Gasteiger charge is 1.90. The lowest BCUT2D eigenvalue weighted by atomic mass is 10.5. The number of aromatic nitrogens is 1. The first-order chi connectivity index (χ1) is 4.79. The molecule has 0 aliphatic carbocycles. The van der Waals surface area contributed by atoms with Gasteiger partial charge in [-0.3, -0.25) is 4.98 Å². The average Bonchev–Trinajstić information content (AvgIpc) is 1.88. The molecular weight excluding hydrogens is 138 g/mol. The molecule has 1 heterocycles. The highest BCUT2D eigenvalue weighted by molar-refractivity contribution is 6.60. The van der Waals surface area contributed by atoms with Gasteiger partial charge in [-0.15, -0.1) is 6.58 Å². The van der Waals surface area contributed by atoms with E-state index in [1.165, 1.54) is 10.4 Å². The van der Waals surface area contributed by atoms with Crippen LogP contribution in [0.4, 0.5) is 0 Å². The van der Waals surface area contributed by atoms with Crippen LogP contribution in [0.25, 0.3) is 0 Å². The van der Waals surface area contributed by atoms with Gasteiger partial charge in [0.05, 0.1) is 9.52 Å². The number of hydrogen-bond donors (Lipinski definition) is 0. The van der Waals surface area contributed by atoms with Crippen LogP contribution >= 0.6 is 0 Å². The van der Waals surface area contributed by atoms with Crippen molar-refractivity contribution >= 4 is 14.7 Å². The van der Waals surface area contributed by atoms with Gasteiger partial charge >= 0.3 is 0 Å². The molecule has 0 fully saturated rings. The van der Waals surface area contributed by atoms with Crippen LogP contribution in [-0.4, -0.2) is 14.5 Å². The molecule has 0 aliphatic heterocycles. The molecule has 0 aliphatic rings. The lowest BCUT2D eigenvalue weighted by molar-refractivity contribution is 1.35. The molecule has 0 saturated heterocycles. The van der Waals surface area contributed by atoms with E-state index in [1.807, 2.05) is 12.3 Å². The Morgan fingerprint density at radius 1 is 1.70 bits per heavy atom. The van der Waals surface area contributed by atoms with Crippen LogP contribution in [0.3, 0.4) is 0 Å². The minimum Gasteiger partial charge on any atom is -0.265 e. The molecule has 1 rings (SSSR count). The maximum absolute atomic E-state index is 4.03. The van der Waals surface area contributed by atoms with E-state index in [9.17, 15) is 0 Å². The molecule has 0 unspecified atom stereocenters. The van der Waals surface area contributed by atoms with E-state index in [0.717, 1.165) is 0 Å². The van der Waals surface area contributed by atoms with Gasteiger partial charge in [0.2, 0.25) is 0 Å². The Hall–Kier alpha value is -0.893. The van der Waals surface area contributed by atoms with Crippen LogP contribution in [0, 0.1) is 0 Å². The molecule has 1 aromatic rings. The number of rotatable bonds is 2. The topological polar surface area (TPSA) is 12.9 Å². The summed E-state index contributed by atoms with van der Waals surface area (Å²) in [6.07, 6.45) is 3.73. The van der Waals surface area contributed by atoms with E-state index < -0.39 is 0 Å². The Bertz CT molecular complexity index is 218. The largest absolute Gasteiger partial charge is 0.265 e. The lowest BCUT2D eigenvalue weighted by Crippen LogP contribution is -2.14. The second-order valence-corrected chi connectivity index (χ2v) is 4.87. The zero-order valence-corrected chi connectivity index (χ0v) is 7.59. The van der Waals surface area contributed by atoms with Crippen molar-refractivity contribution in [2.45, 2.75) is 6.92 Å². The smallest absolute Gasteiger partial charge is 0.0833 e. The summed E-state index contributed by atoms with van der Waals surface area (Å²) in [6, 6.07) is 4.10. The van der Waals surface area contributed by atoms with Crippen LogP contribution in [-0.2, 0) is 0 Å². The van der Waals surface area contributed by atoms with E-state index in [1.54, 1.807) is 6.20 Å². The monoisotopic (exact) mass is 149 g/mol. The molecule has 0 amide bonds. The van der Waals surface area contributed by atoms with Gasteiger partial charge in [0.25, 0.3) is 0 Å². The predicted octanol–water partition coefficient (Wildman–Crippen LogP) is 0.409. The molecule has 0 bridgehead atoms. The highest BCUT2D eigenvalue weighted by atomic mass is 28.2. The van der Waals surface area contributed by atoms with Crippen molar-refractivity contribution in [2.24, 2.45) is 0 Å².